The van der Waals surface area contributed by atoms with Crippen LogP contribution in [0, 0.1) is 5.92 Å². The summed E-state index contributed by atoms with van der Waals surface area (Å²) in [5.74, 6) is 0.232. The zero-order valence-electron chi connectivity index (χ0n) is 19.5. The van der Waals surface area contributed by atoms with Crippen LogP contribution in [0.5, 0.6) is 0 Å². The third-order valence-corrected chi connectivity index (χ3v) is 7.10. The van der Waals surface area contributed by atoms with Crippen LogP contribution in [-0.2, 0) is 20.8 Å². The quantitative estimate of drug-likeness (QED) is 0.313. The first kappa shape index (κ1) is 23.3. The summed E-state index contributed by atoms with van der Waals surface area (Å²) in [6.07, 6.45) is 3.79. The molecule has 6 heteroatoms. The fourth-order valence-electron chi connectivity index (χ4n) is 5.26. The van der Waals surface area contributed by atoms with Crippen LogP contribution in [0.3, 0.4) is 0 Å². The van der Waals surface area contributed by atoms with Crippen molar-refractivity contribution in [2.75, 3.05) is 37.7 Å². The van der Waals surface area contributed by atoms with Crippen LogP contribution >= 0.6 is 0 Å². The van der Waals surface area contributed by atoms with E-state index >= 15 is 0 Å². The molecule has 0 N–H and O–H groups in total. The van der Waals surface area contributed by atoms with Crippen molar-refractivity contribution in [3.8, 4) is 0 Å². The number of carbonyl (C=O) groups excluding carboxylic acids is 2. The lowest BCUT2D eigenvalue weighted by Gasteiger charge is -2.52. The third kappa shape index (κ3) is 6.14. The van der Waals surface area contributed by atoms with Gasteiger partial charge in [0.25, 0.3) is 0 Å². The van der Waals surface area contributed by atoms with Gasteiger partial charge in [-0.1, -0.05) is 48.5 Å². The highest BCUT2D eigenvalue weighted by Crippen LogP contribution is 2.36. The summed E-state index contributed by atoms with van der Waals surface area (Å²) in [4.78, 5) is 26.1. The van der Waals surface area contributed by atoms with Gasteiger partial charge < -0.3 is 14.0 Å². The van der Waals surface area contributed by atoms with Gasteiger partial charge in [-0.2, -0.15) is 0 Å². The predicted molar refractivity (Wildman–Crippen MR) is 128 cm³/mol. The normalized spacial score (nSPS) is 23.7. The minimum absolute atomic E-state index is 0.0459. The largest absolute Gasteiger partial charge is 0.466 e. The minimum atomic E-state index is -0.267. The van der Waals surface area contributed by atoms with E-state index < -0.39 is 0 Å². The van der Waals surface area contributed by atoms with Crippen molar-refractivity contribution in [1.82, 2.24) is 0 Å². The Bertz CT molecular complexity index is 910. The van der Waals surface area contributed by atoms with Gasteiger partial charge in [0.15, 0.2) is 6.10 Å². The Morgan fingerprint density at radius 3 is 2.30 bits per heavy atom. The number of anilines is 1. The van der Waals surface area contributed by atoms with Crippen molar-refractivity contribution in [2.45, 2.75) is 45.3 Å². The molecule has 0 spiro atoms. The molecule has 3 heterocycles. The topological polar surface area (TPSA) is 55.8 Å². The van der Waals surface area contributed by atoms with Crippen LogP contribution in [-0.4, -0.2) is 55.4 Å². The second-order valence-corrected chi connectivity index (χ2v) is 9.41. The molecular weight excluding hydrogens is 416 g/mol. The molecule has 0 aromatic heterocycles. The van der Waals surface area contributed by atoms with Crippen LogP contribution in [0.4, 0.5) is 10.5 Å². The van der Waals surface area contributed by atoms with Crippen molar-refractivity contribution < 1.29 is 23.5 Å². The Morgan fingerprint density at radius 2 is 1.64 bits per heavy atom. The smallest absolute Gasteiger partial charge is 0.415 e. The Balaban J connectivity index is 1.39. The van der Waals surface area contributed by atoms with E-state index in [0.717, 1.165) is 67.6 Å². The van der Waals surface area contributed by atoms with Crippen molar-refractivity contribution in [3.63, 3.8) is 0 Å². The molecule has 3 aliphatic heterocycles. The maximum atomic E-state index is 13.4. The number of carbonyl (C=O) groups is 2. The van der Waals surface area contributed by atoms with E-state index in [1.54, 1.807) is 4.90 Å². The van der Waals surface area contributed by atoms with Gasteiger partial charge in [0.2, 0.25) is 0 Å². The van der Waals surface area contributed by atoms with Crippen LogP contribution in [0.25, 0.3) is 0 Å². The van der Waals surface area contributed by atoms with E-state index in [9.17, 15) is 9.59 Å². The molecule has 176 valence electrons. The lowest BCUT2D eigenvalue weighted by molar-refractivity contribution is -0.946. The first-order valence-electron chi connectivity index (χ1n) is 12.1. The summed E-state index contributed by atoms with van der Waals surface area (Å²) < 4.78 is 12.3. The van der Waals surface area contributed by atoms with Gasteiger partial charge >= 0.3 is 12.1 Å². The minimum Gasteiger partial charge on any atom is -0.466 e. The molecule has 6 nitrogen and oxygen atoms in total. The molecule has 2 aromatic rings. The Hall–Kier alpha value is -2.86. The Morgan fingerprint density at radius 1 is 0.970 bits per heavy atom. The number of rotatable bonds is 9. The van der Waals surface area contributed by atoms with Gasteiger partial charge in [-0.15, -0.1) is 0 Å². The predicted octanol–water partition coefficient (Wildman–Crippen LogP) is 4.78. The van der Waals surface area contributed by atoms with Crippen LogP contribution in [0.1, 0.15) is 38.2 Å². The summed E-state index contributed by atoms with van der Waals surface area (Å²) in [6, 6.07) is 19.8. The maximum absolute atomic E-state index is 13.4. The molecule has 1 atom stereocenters. The number of unbranched alkanes of at least 4 members (excludes halogenated alkanes) is 1. The number of esters is 1. The highest BCUT2D eigenvalue weighted by Gasteiger charge is 2.47. The van der Waals surface area contributed by atoms with E-state index in [2.05, 4.69) is 0 Å². The summed E-state index contributed by atoms with van der Waals surface area (Å²) in [5.41, 5.74) is 1.92. The van der Waals surface area contributed by atoms with Crippen LogP contribution in [0.15, 0.2) is 60.7 Å². The number of fused-ring (bicyclic) bond motifs is 3. The molecule has 3 saturated heterocycles. The number of para-hydroxylation sites is 1. The Labute approximate surface area is 196 Å². The number of hydrogen-bond acceptors (Lipinski definition) is 4. The number of amides is 1. The van der Waals surface area contributed by atoms with Gasteiger partial charge in [-0.3, -0.25) is 9.69 Å². The molecule has 3 aliphatic rings. The standard InChI is InChI=1S/C27H35N2O4/c1-22(30)32-19-9-8-16-29-17-14-24(15-18-29)26(21-29)33-27(31)28(25-12-6-3-7-13-25)20-23-10-4-2-5-11-23/h2-7,10-13,24,26H,8-9,14-21H2,1H3/q+1/t24?,26-,29?/m0/s1. The first-order valence-corrected chi connectivity index (χ1v) is 12.1. The van der Waals surface area contributed by atoms with E-state index in [1.165, 1.54) is 6.92 Å². The summed E-state index contributed by atoms with van der Waals surface area (Å²) in [5, 5.41) is 0. The highest BCUT2D eigenvalue weighted by molar-refractivity contribution is 5.87. The molecule has 2 bridgehead atoms. The molecule has 33 heavy (non-hydrogen) atoms. The fourth-order valence-corrected chi connectivity index (χ4v) is 5.26. The van der Waals surface area contributed by atoms with Crippen molar-refractivity contribution in [3.05, 3.63) is 66.2 Å². The third-order valence-electron chi connectivity index (χ3n) is 7.10. The molecule has 1 amide bonds. The van der Waals surface area contributed by atoms with Crippen LogP contribution in [0.2, 0.25) is 0 Å². The second kappa shape index (κ2) is 10.8. The van der Waals surface area contributed by atoms with Crippen molar-refractivity contribution in [1.29, 1.82) is 0 Å². The van der Waals surface area contributed by atoms with Crippen molar-refractivity contribution in [2.24, 2.45) is 5.92 Å². The summed E-state index contributed by atoms with van der Waals surface area (Å²) in [6.45, 7) is 6.66. The van der Waals surface area contributed by atoms with E-state index in [4.69, 9.17) is 9.47 Å². The molecule has 0 aliphatic carbocycles. The van der Waals surface area contributed by atoms with Crippen molar-refractivity contribution >= 4 is 17.7 Å². The molecule has 3 fully saturated rings. The molecule has 0 saturated carbocycles. The monoisotopic (exact) mass is 451 g/mol. The van der Waals surface area contributed by atoms with Gasteiger partial charge in [0.1, 0.15) is 6.54 Å². The lowest BCUT2D eigenvalue weighted by Crippen LogP contribution is -2.65. The van der Waals surface area contributed by atoms with Gasteiger partial charge in [0, 0.05) is 31.4 Å². The van der Waals surface area contributed by atoms with E-state index in [0.29, 0.717) is 19.1 Å². The number of ether oxygens (including phenoxy) is 2. The average Bonchev–Trinajstić information content (AvgIpc) is 2.84. The van der Waals surface area contributed by atoms with Gasteiger partial charge in [-0.05, 0) is 30.5 Å². The number of hydrogen-bond donors (Lipinski definition) is 0. The summed E-state index contributed by atoms with van der Waals surface area (Å²) in [7, 11) is 0. The SMILES string of the molecule is CC(=O)OCCCC[N+]12CCC(CC1)[C@@H](OC(=O)N(Cc1ccccc1)c1ccccc1)C2. The molecule has 0 unspecified atom stereocenters. The number of benzene rings is 2. The van der Waals surface area contributed by atoms with Gasteiger partial charge in [0.05, 0.1) is 32.8 Å². The number of nitrogens with zero attached hydrogens (tertiary/aromatic N) is 2. The van der Waals surface area contributed by atoms with E-state index in [1.807, 2.05) is 60.7 Å². The first-order chi connectivity index (χ1) is 16.0. The average molecular weight is 452 g/mol. The van der Waals surface area contributed by atoms with Crippen LogP contribution < -0.4 is 4.90 Å². The molecule has 5 rings (SSSR count). The van der Waals surface area contributed by atoms with E-state index in [-0.39, 0.29) is 18.2 Å². The Kier molecular flexibility index (Phi) is 7.65. The lowest BCUT2D eigenvalue weighted by atomic mass is 9.83. The second-order valence-electron chi connectivity index (χ2n) is 9.41. The number of quaternary nitrogens is 1. The molecule has 2 aromatic carbocycles. The molecular formula is C27H35N2O4+. The fraction of sp³-hybridized carbons (Fsp3) is 0.481. The maximum Gasteiger partial charge on any atom is 0.415 e. The number of piperidine rings is 3. The summed E-state index contributed by atoms with van der Waals surface area (Å²) >= 11 is 0. The molecule has 0 radical (unpaired) electrons. The zero-order valence-corrected chi connectivity index (χ0v) is 19.5. The van der Waals surface area contributed by atoms with Gasteiger partial charge in [-0.25, -0.2) is 4.79 Å². The highest BCUT2D eigenvalue weighted by atomic mass is 16.6. The zero-order chi connectivity index (χ0) is 23.1.